The number of fused-ring (bicyclic) bond motifs is 1. The number of hydrogen-bond donors (Lipinski definition) is 1. The van der Waals surface area contributed by atoms with Gasteiger partial charge in [0, 0.05) is 26.2 Å². The molecule has 1 unspecified atom stereocenters. The summed E-state index contributed by atoms with van der Waals surface area (Å²) >= 11 is 0. The summed E-state index contributed by atoms with van der Waals surface area (Å²) in [6.45, 7) is 2.93. The lowest BCUT2D eigenvalue weighted by molar-refractivity contribution is -0.0867. The Morgan fingerprint density at radius 2 is 2.26 bits per heavy atom. The van der Waals surface area contributed by atoms with Crippen LogP contribution in [0.1, 0.15) is 17.2 Å². The predicted molar refractivity (Wildman–Crippen MR) is 81.4 cm³/mol. The molecule has 2 aliphatic heterocycles. The molecule has 122 valence electrons. The van der Waals surface area contributed by atoms with Crippen LogP contribution in [-0.4, -0.2) is 66.9 Å². The number of hydrogen-bond acceptors (Lipinski definition) is 5. The van der Waals surface area contributed by atoms with Crippen LogP contribution in [0.3, 0.4) is 0 Å². The number of amides is 1. The average molecular weight is 317 g/mol. The molecule has 2 atom stereocenters. The van der Waals surface area contributed by atoms with Crippen molar-refractivity contribution in [2.45, 2.75) is 12.1 Å². The number of carbonyl (C=O) groups is 1. The van der Waals surface area contributed by atoms with Gasteiger partial charge in [-0.3, -0.25) is 4.90 Å². The van der Waals surface area contributed by atoms with Gasteiger partial charge in [-0.05, 0) is 17.7 Å². The van der Waals surface area contributed by atoms with Crippen molar-refractivity contribution in [2.75, 3.05) is 39.9 Å². The van der Waals surface area contributed by atoms with Crippen molar-refractivity contribution in [1.82, 2.24) is 9.80 Å². The predicted octanol–water partition coefficient (Wildman–Crippen LogP) is 1.30. The first-order valence-electron chi connectivity index (χ1n) is 7.54. The molecular formula is C16H19N3O4. The van der Waals surface area contributed by atoms with Gasteiger partial charge in [0.1, 0.15) is 11.8 Å². The first-order valence-corrected chi connectivity index (χ1v) is 7.54. The van der Waals surface area contributed by atoms with Gasteiger partial charge in [0.2, 0.25) is 0 Å². The minimum absolute atomic E-state index is 0.0933. The fourth-order valence-electron chi connectivity index (χ4n) is 3.16. The van der Waals surface area contributed by atoms with Crippen molar-refractivity contribution in [2.24, 2.45) is 0 Å². The van der Waals surface area contributed by atoms with E-state index in [2.05, 4.69) is 11.0 Å². The highest BCUT2D eigenvalue weighted by atomic mass is 16.5. The molecular weight excluding hydrogens is 298 g/mol. The van der Waals surface area contributed by atoms with Crippen molar-refractivity contribution in [3.8, 4) is 11.8 Å². The summed E-state index contributed by atoms with van der Waals surface area (Å²) in [7, 11) is 1.54. The molecule has 2 heterocycles. The van der Waals surface area contributed by atoms with Crippen molar-refractivity contribution in [3.05, 3.63) is 29.3 Å². The molecule has 2 fully saturated rings. The van der Waals surface area contributed by atoms with Gasteiger partial charge in [0.25, 0.3) is 0 Å². The first kappa shape index (κ1) is 15.6. The van der Waals surface area contributed by atoms with Gasteiger partial charge < -0.3 is 19.5 Å². The van der Waals surface area contributed by atoms with Crippen molar-refractivity contribution in [3.63, 3.8) is 0 Å². The van der Waals surface area contributed by atoms with Crippen molar-refractivity contribution >= 4 is 6.09 Å². The Bertz CT molecular complexity index is 643. The number of methoxy groups -OCH3 is 1. The Hall–Kier alpha value is -2.30. The van der Waals surface area contributed by atoms with Crippen LogP contribution < -0.4 is 4.74 Å². The second-order valence-corrected chi connectivity index (χ2v) is 5.77. The van der Waals surface area contributed by atoms with Crippen molar-refractivity contribution < 1.29 is 19.4 Å². The van der Waals surface area contributed by atoms with Gasteiger partial charge in [0.05, 0.1) is 31.4 Å². The van der Waals surface area contributed by atoms with E-state index in [0.717, 1.165) is 5.56 Å². The standard InChI is InChI=1S/C16H19N3O4/c1-22-14-6-11(2-3-12(14)7-17)15-9-18-4-5-19(16(20)21)8-13(18)10-23-15/h2-3,6,13,15H,4-5,8-10H2,1H3,(H,20,21)/t13-,15?/m0/s1. The molecule has 0 aliphatic carbocycles. The Balaban J connectivity index is 1.71. The molecule has 3 rings (SSSR count). The van der Waals surface area contributed by atoms with E-state index >= 15 is 0 Å². The van der Waals surface area contributed by atoms with E-state index in [0.29, 0.717) is 44.1 Å². The van der Waals surface area contributed by atoms with Crippen LogP contribution in [0.15, 0.2) is 18.2 Å². The number of piperazine rings is 1. The van der Waals surface area contributed by atoms with Gasteiger partial charge in [-0.25, -0.2) is 4.79 Å². The molecule has 0 saturated carbocycles. The third-order valence-corrected chi connectivity index (χ3v) is 4.48. The van der Waals surface area contributed by atoms with E-state index in [9.17, 15) is 4.79 Å². The number of carboxylic acid groups (broad SMARTS) is 1. The Morgan fingerprint density at radius 1 is 1.43 bits per heavy atom. The Labute approximate surface area is 134 Å². The highest BCUT2D eigenvalue weighted by molar-refractivity contribution is 5.65. The molecule has 23 heavy (non-hydrogen) atoms. The largest absolute Gasteiger partial charge is 0.495 e. The SMILES string of the molecule is COc1cc(C2CN3CCN(C(=O)O)C[C@H]3CO2)ccc1C#N. The molecule has 0 radical (unpaired) electrons. The van der Waals surface area contributed by atoms with Crippen LogP contribution in [0.25, 0.3) is 0 Å². The second-order valence-electron chi connectivity index (χ2n) is 5.77. The summed E-state index contributed by atoms with van der Waals surface area (Å²) in [6.07, 6.45) is -0.965. The maximum atomic E-state index is 11.1. The monoisotopic (exact) mass is 317 g/mol. The molecule has 1 N–H and O–H groups in total. The van der Waals surface area contributed by atoms with Gasteiger partial charge in [-0.15, -0.1) is 0 Å². The van der Waals surface area contributed by atoms with Gasteiger partial charge in [-0.2, -0.15) is 5.26 Å². The van der Waals surface area contributed by atoms with Gasteiger partial charge >= 0.3 is 6.09 Å². The van der Waals surface area contributed by atoms with Crippen molar-refractivity contribution in [1.29, 1.82) is 5.26 Å². The third kappa shape index (κ3) is 3.09. The molecule has 2 aliphatic rings. The van der Waals surface area contributed by atoms with E-state index in [1.165, 1.54) is 4.90 Å². The number of rotatable bonds is 2. The maximum absolute atomic E-state index is 11.1. The summed E-state index contributed by atoms with van der Waals surface area (Å²) in [4.78, 5) is 14.8. The molecule has 1 aromatic carbocycles. The smallest absolute Gasteiger partial charge is 0.407 e. The Morgan fingerprint density at radius 3 is 2.96 bits per heavy atom. The highest BCUT2D eigenvalue weighted by Gasteiger charge is 2.35. The lowest BCUT2D eigenvalue weighted by atomic mass is 10.0. The second kappa shape index (κ2) is 6.44. The van der Waals surface area contributed by atoms with Crippen LogP contribution >= 0.6 is 0 Å². The topological polar surface area (TPSA) is 86.0 Å². The number of morpholine rings is 1. The minimum atomic E-state index is -0.872. The van der Waals surface area contributed by atoms with Crippen LogP contribution in [0.5, 0.6) is 5.75 Å². The average Bonchev–Trinajstić information content (AvgIpc) is 2.60. The summed E-state index contributed by atoms with van der Waals surface area (Å²) in [5.74, 6) is 0.548. The zero-order valence-corrected chi connectivity index (χ0v) is 12.9. The van der Waals surface area contributed by atoms with Crippen LogP contribution in [-0.2, 0) is 4.74 Å². The van der Waals surface area contributed by atoms with E-state index in [1.807, 2.05) is 12.1 Å². The van der Waals surface area contributed by atoms with E-state index in [4.69, 9.17) is 19.8 Å². The summed E-state index contributed by atoms with van der Waals surface area (Å²) < 4.78 is 11.2. The maximum Gasteiger partial charge on any atom is 0.407 e. The Kier molecular flexibility index (Phi) is 4.37. The summed E-state index contributed by atoms with van der Waals surface area (Å²) in [5.41, 5.74) is 1.47. The van der Waals surface area contributed by atoms with Gasteiger partial charge in [0.15, 0.2) is 0 Å². The highest BCUT2D eigenvalue weighted by Crippen LogP contribution is 2.30. The van der Waals surface area contributed by atoms with Crippen LogP contribution in [0, 0.1) is 11.3 Å². The van der Waals surface area contributed by atoms with Crippen LogP contribution in [0.2, 0.25) is 0 Å². The van der Waals surface area contributed by atoms with E-state index < -0.39 is 6.09 Å². The molecule has 1 aromatic rings. The molecule has 0 spiro atoms. The summed E-state index contributed by atoms with van der Waals surface area (Å²) in [6, 6.07) is 7.68. The third-order valence-electron chi connectivity index (χ3n) is 4.48. The number of nitrogens with zero attached hydrogens (tertiary/aromatic N) is 3. The fourth-order valence-corrected chi connectivity index (χ4v) is 3.16. The number of benzene rings is 1. The number of ether oxygens (including phenoxy) is 2. The molecule has 0 aromatic heterocycles. The fraction of sp³-hybridized carbons (Fsp3) is 0.500. The summed E-state index contributed by atoms with van der Waals surface area (Å²) in [5, 5.41) is 18.1. The van der Waals surface area contributed by atoms with Gasteiger partial charge in [-0.1, -0.05) is 6.07 Å². The zero-order valence-electron chi connectivity index (χ0n) is 12.9. The quantitative estimate of drug-likeness (QED) is 0.885. The lowest BCUT2D eigenvalue weighted by Gasteiger charge is -2.45. The molecule has 0 bridgehead atoms. The molecule has 2 saturated heterocycles. The lowest BCUT2D eigenvalue weighted by Crippen LogP contribution is -2.59. The van der Waals surface area contributed by atoms with Crippen LogP contribution in [0.4, 0.5) is 4.79 Å². The van der Waals surface area contributed by atoms with E-state index in [-0.39, 0.29) is 12.1 Å². The zero-order chi connectivity index (χ0) is 16.4. The van der Waals surface area contributed by atoms with E-state index in [1.54, 1.807) is 13.2 Å². The minimum Gasteiger partial charge on any atom is -0.495 e. The normalized spacial score (nSPS) is 24.6. The molecule has 7 heteroatoms. The first-order chi connectivity index (χ1) is 11.1. The number of nitriles is 1. The molecule has 7 nitrogen and oxygen atoms in total. The molecule has 1 amide bonds.